The Bertz CT molecular complexity index is 1460. The topological polar surface area (TPSA) is 90.5 Å². The third-order valence-electron chi connectivity index (χ3n) is 6.85. The Labute approximate surface area is 240 Å². The zero-order valence-corrected chi connectivity index (χ0v) is 23.9. The van der Waals surface area contributed by atoms with Gasteiger partial charge in [-0.1, -0.05) is 36.8 Å². The number of sulfone groups is 1. The second-order valence-electron chi connectivity index (χ2n) is 9.67. The molecule has 1 fully saturated rings. The highest BCUT2D eigenvalue weighted by Gasteiger charge is 2.31. The van der Waals surface area contributed by atoms with Crippen molar-refractivity contribution in [3.63, 3.8) is 0 Å². The Morgan fingerprint density at radius 1 is 0.950 bits per heavy atom. The number of halogens is 1. The molecular weight excluding hydrogens is 547 g/mol. The quantitative estimate of drug-likeness (QED) is 0.215. The number of anilines is 2. The van der Waals surface area contributed by atoms with E-state index in [4.69, 9.17) is 12.2 Å². The summed E-state index contributed by atoms with van der Waals surface area (Å²) in [5, 5.41) is 8.61. The van der Waals surface area contributed by atoms with Gasteiger partial charge in [0.2, 0.25) is 0 Å². The van der Waals surface area contributed by atoms with Gasteiger partial charge in [0.25, 0.3) is 5.91 Å². The molecule has 3 N–H and O–H groups in total. The van der Waals surface area contributed by atoms with E-state index in [1.54, 1.807) is 54.6 Å². The van der Waals surface area contributed by atoms with Crippen LogP contribution in [0.1, 0.15) is 48.1 Å². The normalized spacial score (nSPS) is 15.4. The molecule has 210 valence electrons. The Morgan fingerprint density at radius 3 is 2.15 bits per heavy atom. The summed E-state index contributed by atoms with van der Waals surface area (Å²) in [7, 11) is -3.58. The van der Waals surface area contributed by atoms with E-state index in [1.165, 1.54) is 24.3 Å². The second-order valence-corrected chi connectivity index (χ2v) is 12.1. The molecule has 0 aromatic heterocycles. The maximum absolute atomic E-state index is 13.8. The SMILES string of the molecule is C=CC(N1CCCCC1)S(=O)(=O)c1ccc(C(C)NC(=S)Nc2ccc(NC(=O)c3ccccc3F)cc2)cc1. The average molecular weight is 581 g/mol. The van der Waals surface area contributed by atoms with Crippen molar-refractivity contribution in [2.45, 2.75) is 42.5 Å². The van der Waals surface area contributed by atoms with Crippen molar-refractivity contribution >= 4 is 44.4 Å². The van der Waals surface area contributed by atoms with Crippen LogP contribution in [0.15, 0.2) is 90.3 Å². The van der Waals surface area contributed by atoms with Gasteiger partial charge in [-0.05, 0) is 99.2 Å². The number of amides is 1. The van der Waals surface area contributed by atoms with E-state index in [-0.39, 0.29) is 16.5 Å². The van der Waals surface area contributed by atoms with Gasteiger partial charge in [-0.25, -0.2) is 12.8 Å². The molecule has 3 aromatic carbocycles. The number of thiocarbonyl (C=S) groups is 1. The molecule has 1 amide bonds. The maximum Gasteiger partial charge on any atom is 0.258 e. The van der Waals surface area contributed by atoms with Gasteiger partial charge in [0.05, 0.1) is 16.5 Å². The van der Waals surface area contributed by atoms with Gasteiger partial charge in [0.1, 0.15) is 11.2 Å². The lowest BCUT2D eigenvalue weighted by Crippen LogP contribution is -2.42. The molecule has 1 saturated heterocycles. The minimum Gasteiger partial charge on any atom is -0.356 e. The number of carbonyl (C=O) groups is 1. The molecule has 4 rings (SSSR count). The molecule has 0 saturated carbocycles. The summed E-state index contributed by atoms with van der Waals surface area (Å²) in [5.41, 5.74) is 2.06. The molecule has 0 bridgehead atoms. The Balaban J connectivity index is 1.32. The standard InChI is InChI=1S/C30H33FN4O3S2/c1-3-28(35-19-7-4-8-20-35)40(37,38)25-17-11-22(12-18-25)21(2)32-30(39)34-24-15-13-23(14-16-24)33-29(36)26-9-5-6-10-27(26)31/h3,5-6,9-18,21,28H,1,4,7-8,19-20H2,2H3,(H,33,36)(H2,32,34,39). The molecular formula is C30H33FN4O3S2. The van der Waals surface area contributed by atoms with E-state index >= 15 is 0 Å². The van der Waals surface area contributed by atoms with Crippen molar-refractivity contribution in [3.8, 4) is 0 Å². The Hall–Kier alpha value is -3.60. The zero-order valence-electron chi connectivity index (χ0n) is 22.3. The Morgan fingerprint density at radius 2 is 1.55 bits per heavy atom. The van der Waals surface area contributed by atoms with Crippen molar-refractivity contribution in [3.05, 3.63) is 102 Å². The van der Waals surface area contributed by atoms with Crippen LogP contribution < -0.4 is 16.0 Å². The van der Waals surface area contributed by atoms with E-state index in [0.717, 1.165) is 37.9 Å². The van der Waals surface area contributed by atoms with E-state index in [1.807, 2.05) is 11.8 Å². The van der Waals surface area contributed by atoms with Crippen LogP contribution in [-0.2, 0) is 9.84 Å². The summed E-state index contributed by atoms with van der Waals surface area (Å²) in [4.78, 5) is 14.6. The number of benzene rings is 3. The largest absolute Gasteiger partial charge is 0.356 e. The van der Waals surface area contributed by atoms with Crippen LogP contribution in [0.25, 0.3) is 0 Å². The van der Waals surface area contributed by atoms with E-state index < -0.39 is 26.9 Å². The van der Waals surface area contributed by atoms with Crippen LogP contribution in [0.2, 0.25) is 0 Å². The van der Waals surface area contributed by atoms with Gasteiger partial charge < -0.3 is 16.0 Å². The highest BCUT2D eigenvalue weighted by atomic mass is 32.2. The first kappa shape index (κ1) is 29.4. The van der Waals surface area contributed by atoms with Crippen molar-refractivity contribution in [1.82, 2.24) is 10.2 Å². The number of piperidine rings is 1. The molecule has 0 spiro atoms. The number of likely N-dealkylation sites (tertiary alicyclic amines) is 1. The molecule has 2 unspecified atom stereocenters. The molecule has 0 aliphatic carbocycles. The number of carbonyl (C=O) groups excluding carboxylic acids is 1. The predicted octanol–water partition coefficient (Wildman–Crippen LogP) is 5.90. The van der Waals surface area contributed by atoms with Gasteiger partial charge in [-0.15, -0.1) is 6.58 Å². The second kappa shape index (κ2) is 13.2. The number of hydrogen-bond donors (Lipinski definition) is 3. The summed E-state index contributed by atoms with van der Waals surface area (Å²) in [6.45, 7) is 7.23. The predicted molar refractivity (Wildman–Crippen MR) is 162 cm³/mol. The lowest BCUT2D eigenvalue weighted by atomic mass is 10.1. The maximum atomic E-state index is 13.8. The third kappa shape index (κ3) is 7.12. The van der Waals surface area contributed by atoms with E-state index in [2.05, 4.69) is 22.5 Å². The molecule has 1 aliphatic heterocycles. The van der Waals surface area contributed by atoms with Crippen molar-refractivity contribution in [2.75, 3.05) is 23.7 Å². The van der Waals surface area contributed by atoms with Crippen LogP contribution >= 0.6 is 12.2 Å². The lowest BCUT2D eigenvalue weighted by molar-refractivity contribution is 0.102. The first-order valence-corrected chi connectivity index (χ1v) is 15.1. The smallest absolute Gasteiger partial charge is 0.258 e. The van der Waals surface area contributed by atoms with Crippen LogP contribution in [0.3, 0.4) is 0 Å². The molecule has 1 heterocycles. The molecule has 0 radical (unpaired) electrons. The van der Waals surface area contributed by atoms with Gasteiger partial charge in [-0.3, -0.25) is 9.69 Å². The molecule has 7 nitrogen and oxygen atoms in total. The van der Waals surface area contributed by atoms with Crippen LogP contribution in [0.4, 0.5) is 15.8 Å². The minimum absolute atomic E-state index is 0.0304. The molecule has 1 aliphatic rings. The van der Waals surface area contributed by atoms with Gasteiger partial charge in [0.15, 0.2) is 14.9 Å². The van der Waals surface area contributed by atoms with Crippen LogP contribution in [-0.4, -0.2) is 42.8 Å². The molecule has 10 heteroatoms. The first-order chi connectivity index (χ1) is 19.2. The highest BCUT2D eigenvalue weighted by Crippen LogP contribution is 2.25. The van der Waals surface area contributed by atoms with Crippen molar-refractivity contribution in [2.24, 2.45) is 0 Å². The fourth-order valence-electron chi connectivity index (χ4n) is 4.66. The number of nitrogens with one attached hydrogen (secondary N) is 3. The molecule has 40 heavy (non-hydrogen) atoms. The summed E-state index contributed by atoms with van der Waals surface area (Å²) < 4.78 is 40.4. The van der Waals surface area contributed by atoms with Gasteiger partial charge in [-0.2, -0.15) is 0 Å². The number of hydrogen-bond acceptors (Lipinski definition) is 5. The number of nitrogens with zero attached hydrogens (tertiary/aromatic N) is 1. The molecule has 3 aromatic rings. The van der Waals surface area contributed by atoms with Gasteiger partial charge in [0, 0.05) is 11.4 Å². The summed E-state index contributed by atoms with van der Waals surface area (Å²) in [6.07, 6.45) is 4.63. The van der Waals surface area contributed by atoms with E-state index in [9.17, 15) is 17.6 Å². The fraction of sp³-hybridized carbons (Fsp3) is 0.267. The third-order valence-corrected chi connectivity index (χ3v) is 9.12. The van der Waals surface area contributed by atoms with Crippen LogP contribution in [0, 0.1) is 5.82 Å². The average Bonchev–Trinajstić information content (AvgIpc) is 2.95. The van der Waals surface area contributed by atoms with E-state index in [0.29, 0.717) is 16.5 Å². The van der Waals surface area contributed by atoms with Crippen molar-refractivity contribution in [1.29, 1.82) is 0 Å². The lowest BCUT2D eigenvalue weighted by Gasteiger charge is -2.32. The van der Waals surface area contributed by atoms with Crippen molar-refractivity contribution < 1.29 is 17.6 Å². The highest BCUT2D eigenvalue weighted by molar-refractivity contribution is 7.92. The minimum atomic E-state index is -3.58. The Kier molecular flexibility index (Phi) is 9.67. The number of rotatable bonds is 9. The van der Waals surface area contributed by atoms with Crippen LogP contribution in [0.5, 0.6) is 0 Å². The monoisotopic (exact) mass is 580 g/mol. The summed E-state index contributed by atoms with van der Waals surface area (Å²) >= 11 is 5.45. The fourth-order valence-corrected chi connectivity index (χ4v) is 6.60. The summed E-state index contributed by atoms with van der Waals surface area (Å²) in [5.74, 6) is -1.12. The van der Waals surface area contributed by atoms with Gasteiger partial charge >= 0.3 is 0 Å². The summed E-state index contributed by atoms with van der Waals surface area (Å²) in [6, 6.07) is 19.3. The first-order valence-electron chi connectivity index (χ1n) is 13.1. The zero-order chi connectivity index (χ0) is 28.7. The molecule has 2 atom stereocenters.